The second kappa shape index (κ2) is 10.9. The van der Waals surface area contributed by atoms with Crippen LogP contribution in [0.15, 0.2) is 67.0 Å². The van der Waals surface area contributed by atoms with Crippen molar-refractivity contribution < 1.29 is 32.0 Å². The highest BCUT2D eigenvalue weighted by Gasteiger charge is 2.60. The molecule has 7 nitrogen and oxygen atoms in total. The molecular weight excluding hydrogens is 551 g/mol. The molecule has 0 fully saturated rings. The number of fused-ring (bicyclic) bond motifs is 1. The first-order valence-corrected chi connectivity index (χ1v) is 11.5. The van der Waals surface area contributed by atoms with Crippen molar-refractivity contribution in [3.05, 3.63) is 99.6 Å². The van der Waals surface area contributed by atoms with Crippen molar-refractivity contribution in [3.8, 4) is 6.07 Å². The lowest BCUT2D eigenvalue weighted by Crippen LogP contribution is -2.42. The Morgan fingerprint density at radius 3 is 2.47 bits per heavy atom. The van der Waals surface area contributed by atoms with Crippen LogP contribution in [0.1, 0.15) is 21.5 Å². The minimum atomic E-state index is -4.99. The lowest BCUT2D eigenvalue weighted by atomic mass is 9.90. The number of benzene rings is 3. The van der Waals surface area contributed by atoms with Crippen LogP contribution in [-0.4, -0.2) is 18.7 Å². The molecule has 0 saturated carbocycles. The number of amides is 1. The molecule has 196 valence electrons. The van der Waals surface area contributed by atoms with Gasteiger partial charge in [-0.25, -0.2) is 4.39 Å². The van der Waals surface area contributed by atoms with Crippen LogP contribution in [-0.2, 0) is 15.3 Å². The van der Waals surface area contributed by atoms with Crippen molar-refractivity contribution in [2.45, 2.75) is 11.8 Å². The number of alkyl halides is 3. The Labute approximate surface area is 223 Å². The highest BCUT2D eigenvalue weighted by molar-refractivity contribution is 6.35. The zero-order valence-corrected chi connectivity index (χ0v) is 20.5. The molecular formula is C25H16Cl2F4N4O3. The first-order valence-electron chi connectivity index (χ1n) is 10.7. The summed E-state index contributed by atoms with van der Waals surface area (Å²) in [5.41, 5.74) is 1.63. The average molecular weight is 567 g/mol. The fourth-order valence-corrected chi connectivity index (χ4v) is 4.32. The minimum Gasteiger partial charge on any atom is -0.327 e. The quantitative estimate of drug-likeness (QED) is 0.143. The maximum Gasteiger partial charge on any atom is 0.428 e. The van der Waals surface area contributed by atoms with Crippen LogP contribution >= 0.6 is 23.2 Å². The van der Waals surface area contributed by atoms with Crippen LogP contribution in [0, 0.1) is 17.1 Å². The lowest BCUT2D eigenvalue weighted by Gasteiger charge is -2.28. The third-order valence-electron chi connectivity index (χ3n) is 5.55. The van der Waals surface area contributed by atoms with Gasteiger partial charge in [-0.15, -0.1) is 0 Å². The number of halogens is 6. The normalized spacial score (nSPS) is 17.2. The van der Waals surface area contributed by atoms with Crippen LogP contribution in [0.25, 0.3) is 16.5 Å². The molecule has 0 radical (unpaired) electrons. The van der Waals surface area contributed by atoms with E-state index in [2.05, 4.69) is 16.3 Å². The molecule has 1 atom stereocenters. The predicted octanol–water partition coefficient (Wildman–Crippen LogP) is 5.86. The molecule has 0 bridgehead atoms. The Kier molecular flexibility index (Phi) is 7.80. The Balaban J connectivity index is 1.73. The summed E-state index contributed by atoms with van der Waals surface area (Å²) in [6.45, 7) is -0.200. The highest BCUT2D eigenvalue weighted by atomic mass is 35.5. The van der Waals surface area contributed by atoms with Gasteiger partial charge in [0.1, 0.15) is 0 Å². The van der Waals surface area contributed by atoms with E-state index in [9.17, 15) is 22.4 Å². The number of rotatable bonds is 7. The maximum absolute atomic E-state index is 14.4. The van der Waals surface area contributed by atoms with Crippen molar-refractivity contribution in [2.75, 3.05) is 6.61 Å². The molecule has 3 N–H and O–H groups in total. The van der Waals surface area contributed by atoms with Crippen LogP contribution in [0.4, 0.5) is 17.6 Å². The van der Waals surface area contributed by atoms with Crippen LogP contribution in [0.5, 0.6) is 0 Å². The molecule has 0 spiro atoms. The van der Waals surface area contributed by atoms with E-state index in [0.717, 1.165) is 18.2 Å². The van der Waals surface area contributed by atoms with Gasteiger partial charge >= 0.3 is 6.18 Å². The van der Waals surface area contributed by atoms with Gasteiger partial charge in [-0.2, -0.15) is 18.4 Å². The molecule has 1 heterocycles. The molecule has 3 aromatic carbocycles. The number of nitriles is 1. The van der Waals surface area contributed by atoms with Gasteiger partial charge in [0, 0.05) is 29.1 Å². The molecule has 1 unspecified atom stereocenters. The van der Waals surface area contributed by atoms with Crippen LogP contribution in [0.3, 0.4) is 0 Å². The summed E-state index contributed by atoms with van der Waals surface area (Å²) in [5, 5.41) is 10.7. The molecule has 0 aromatic heterocycles. The summed E-state index contributed by atoms with van der Waals surface area (Å²) in [5.74, 6) is -1.55. The Hall–Kier alpha value is -3.82. The number of carbonyl (C=O) groups excluding carboxylic acids is 1. The average Bonchev–Trinajstić information content (AvgIpc) is 3.35. The number of hydrogen-bond donors (Lipinski definition) is 3. The van der Waals surface area contributed by atoms with Crippen molar-refractivity contribution in [3.63, 3.8) is 0 Å². The van der Waals surface area contributed by atoms with Gasteiger partial charge in [-0.1, -0.05) is 53.5 Å². The number of hydrogen-bond acceptors (Lipinski definition) is 6. The monoisotopic (exact) mass is 566 g/mol. The molecule has 4 rings (SSSR count). The summed E-state index contributed by atoms with van der Waals surface area (Å²) < 4.78 is 57.0. The molecule has 1 aliphatic heterocycles. The van der Waals surface area contributed by atoms with E-state index in [1.54, 1.807) is 30.3 Å². The first kappa shape index (κ1) is 27.2. The summed E-state index contributed by atoms with van der Waals surface area (Å²) in [4.78, 5) is 22.6. The molecule has 0 saturated heterocycles. The van der Waals surface area contributed by atoms with E-state index < -0.39 is 39.1 Å². The van der Waals surface area contributed by atoms with Crippen molar-refractivity contribution >= 4 is 45.6 Å². The largest absolute Gasteiger partial charge is 0.428 e. The number of carbonyl (C=O) groups is 1. The highest BCUT2D eigenvalue weighted by Crippen LogP contribution is 2.49. The zero-order chi connectivity index (χ0) is 27.5. The Morgan fingerprint density at radius 2 is 1.82 bits per heavy atom. The van der Waals surface area contributed by atoms with Gasteiger partial charge in [-0.05, 0) is 35.0 Å². The molecule has 3 aromatic rings. The third-order valence-corrected chi connectivity index (χ3v) is 6.10. The summed E-state index contributed by atoms with van der Waals surface area (Å²) in [6, 6.07) is 12.9. The van der Waals surface area contributed by atoms with E-state index in [1.807, 2.05) is 0 Å². The molecule has 13 heteroatoms. The number of nitrogens with one attached hydrogen (secondary N) is 3. The van der Waals surface area contributed by atoms with E-state index in [-0.39, 0.29) is 17.9 Å². The van der Waals surface area contributed by atoms with E-state index in [0.29, 0.717) is 16.3 Å². The second-order valence-corrected chi connectivity index (χ2v) is 8.64. The van der Waals surface area contributed by atoms with Crippen LogP contribution in [0.2, 0.25) is 10.0 Å². The molecule has 1 amide bonds. The smallest absolute Gasteiger partial charge is 0.327 e. The minimum absolute atomic E-state index is 0.0409. The van der Waals surface area contributed by atoms with Gasteiger partial charge in [0.15, 0.2) is 12.4 Å². The summed E-state index contributed by atoms with van der Waals surface area (Å²) in [6.07, 6.45) is -1.65. The van der Waals surface area contributed by atoms with Crippen molar-refractivity contribution in [1.82, 2.24) is 16.3 Å². The molecule has 0 aliphatic carbocycles. The maximum atomic E-state index is 14.4. The Morgan fingerprint density at radius 1 is 1.13 bits per heavy atom. The molecule has 1 aliphatic rings. The lowest BCUT2D eigenvalue weighted by molar-refractivity contribution is -0.269. The van der Waals surface area contributed by atoms with Gasteiger partial charge in [0.2, 0.25) is 5.60 Å². The standard InChI is InChI=1S/C25H16Cl2F4N4O3/c26-19-11-14(12-20(27)22(19)28)24(25(29,30)31)13-21(35-38-24)17-5-6-18(16-4-2-1-3-15(16)17)23(36)33-8-9-34-37-10-7-32/h1-6,8-9,11-13,34-35H,10H2,(H,33,36). The van der Waals surface area contributed by atoms with Crippen molar-refractivity contribution in [1.29, 1.82) is 5.26 Å². The third kappa shape index (κ3) is 5.12. The summed E-state index contributed by atoms with van der Waals surface area (Å²) >= 11 is 11.5. The second-order valence-electron chi connectivity index (χ2n) is 7.83. The predicted molar refractivity (Wildman–Crippen MR) is 132 cm³/mol. The zero-order valence-electron chi connectivity index (χ0n) is 19.0. The van der Waals surface area contributed by atoms with Gasteiger partial charge in [-0.3, -0.25) is 25.4 Å². The number of hydroxylamine groups is 2. The topological polar surface area (TPSA) is 95.4 Å². The fourth-order valence-electron chi connectivity index (χ4n) is 3.83. The number of nitrogens with zero attached hydrogens (tertiary/aromatic N) is 1. The fraction of sp³-hybridized carbons (Fsp3) is 0.120. The van der Waals surface area contributed by atoms with E-state index in [4.69, 9.17) is 38.1 Å². The van der Waals surface area contributed by atoms with Gasteiger partial charge in [0.05, 0.1) is 21.8 Å². The van der Waals surface area contributed by atoms with Crippen molar-refractivity contribution in [2.24, 2.45) is 0 Å². The van der Waals surface area contributed by atoms with E-state index in [1.165, 1.54) is 24.5 Å². The van der Waals surface area contributed by atoms with Gasteiger partial charge < -0.3 is 5.32 Å². The van der Waals surface area contributed by atoms with Gasteiger partial charge in [0.25, 0.3) is 5.91 Å². The SMILES string of the molecule is N#CCONC=CNC(=O)c1ccc(C2=CC(c3cc(Cl)c(F)c(Cl)c3)(C(F)(F)F)ON2)c2ccccc12. The molecule has 38 heavy (non-hydrogen) atoms. The van der Waals surface area contributed by atoms with E-state index >= 15 is 0 Å². The van der Waals surface area contributed by atoms with Crippen LogP contribution < -0.4 is 16.3 Å². The summed E-state index contributed by atoms with van der Waals surface area (Å²) in [7, 11) is 0. The Bertz CT molecular complexity index is 1480. The first-order chi connectivity index (χ1) is 18.1.